The fourth-order valence-corrected chi connectivity index (χ4v) is 3.01. The average molecular weight is 413 g/mol. The van der Waals surface area contributed by atoms with Gasteiger partial charge < -0.3 is 9.30 Å². The van der Waals surface area contributed by atoms with Crippen molar-refractivity contribution in [2.45, 2.75) is 19.9 Å². The summed E-state index contributed by atoms with van der Waals surface area (Å²) < 4.78 is 33.0. The Hall–Kier alpha value is -3.68. The van der Waals surface area contributed by atoms with Crippen molar-refractivity contribution in [3.63, 3.8) is 0 Å². The molecule has 0 aliphatic rings. The summed E-state index contributed by atoms with van der Waals surface area (Å²) in [5.74, 6) is -4.20. The maximum absolute atomic E-state index is 13.8. The Bertz CT molecular complexity index is 1200. The molecule has 0 N–H and O–H groups in total. The lowest BCUT2D eigenvalue weighted by Crippen LogP contribution is -2.25. The Labute approximate surface area is 169 Å². The number of carbonyl (C=O) groups is 3. The lowest BCUT2D eigenvalue weighted by atomic mass is 10.0. The number of ketones is 2. The molecule has 0 aliphatic carbocycles. The number of aromatic nitrogens is 1. The van der Waals surface area contributed by atoms with Crippen molar-refractivity contribution in [2.24, 2.45) is 0 Å². The first-order valence-electron chi connectivity index (χ1n) is 9.10. The summed E-state index contributed by atoms with van der Waals surface area (Å²) in [5, 5.41) is -0.0495. The van der Waals surface area contributed by atoms with Gasteiger partial charge in [0.15, 0.2) is 11.2 Å². The normalized spacial score (nSPS) is 10.8. The van der Waals surface area contributed by atoms with Gasteiger partial charge in [0.05, 0.1) is 24.1 Å². The molecule has 0 aliphatic heterocycles. The van der Waals surface area contributed by atoms with Crippen LogP contribution < -0.4 is 5.43 Å². The first-order chi connectivity index (χ1) is 14.3. The number of hydrogen-bond acceptors (Lipinski definition) is 5. The third-order valence-electron chi connectivity index (χ3n) is 4.43. The number of esters is 1. The monoisotopic (exact) mass is 413 g/mol. The zero-order chi connectivity index (χ0) is 21.8. The van der Waals surface area contributed by atoms with Crippen molar-refractivity contribution in [2.75, 3.05) is 6.61 Å². The molecule has 0 bridgehead atoms. The average Bonchev–Trinajstić information content (AvgIpc) is 2.71. The number of ether oxygens (including phenoxy) is 1. The van der Waals surface area contributed by atoms with Gasteiger partial charge in [-0.25, -0.2) is 13.6 Å². The molecule has 3 aromatic rings. The van der Waals surface area contributed by atoms with E-state index in [1.807, 2.05) is 0 Å². The minimum Gasteiger partial charge on any atom is -0.460 e. The summed E-state index contributed by atoms with van der Waals surface area (Å²) in [6, 6.07) is 9.18. The molecule has 6 nitrogen and oxygen atoms in total. The van der Waals surface area contributed by atoms with Crippen LogP contribution in [0.5, 0.6) is 0 Å². The molecule has 3 rings (SSSR count). The van der Waals surface area contributed by atoms with Crippen LogP contribution in [-0.2, 0) is 20.9 Å². The van der Waals surface area contributed by atoms with E-state index in [0.29, 0.717) is 11.1 Å². The molecule has 30 heavy (non-hydrogen) atoms. The van der Waals surface area contributed by atoms with Gasteiger partial charge >= 0.3 is 5.97 Å². The standard InChI is InChI=1S/C22H17F2NO5/c1-2-30-22(29)20(27)10-19(26)17-12-25(11-13-3-5-14(23)6-4-13)18-8-7-15(24)9-16(18)21(17)28/h3-9,12H,2,10-11H2,1H3. The lowest BCUT2D eigenvalue weighted by Gasteiger charge is -2.13. The van der Waals surface area contributed by atoms with E-state index < -0.39 is 41.0 Å². The molecule has 0 amide bonds. The Morgan fingerprint density at radius 1 is 1.00 bits per heavy atom. The highest BCUT2D eigenvalue weighted by Crippen LogP contribution is 2.17. The van der Waals surface area contributed by atoms with Gasteiger partial charge in [-0.3, -0.25) is 14.4 Å². The van der Waals surface area contributed by atoms with Gasteiger partial charge in [0.2, 0.25) is 5.78 Å². The number of benzene rings is 2. The predicted octanol–water partition coefficient (Wildman–Crippen LogP) is 3.03. The van der Waals surface area contributed by atoms with Crippen LogP contribution in [0, 0.1) is 11.6 Å². The van der Waals surface area contributed by atoms with E-state index in [1.165, 1.54) is 54.1 Å². The van der Waals surface area contributed by atoms with Crippen molar-refractivity contribution in [3.05, 3.63) is 81.6 Å². The van der Waals surface area contributed by atoms with Gasteiger partial charge in [-0.05, 0) is 42.8 Å². The molecule has 0 spiro atoms. The Balaban J connectivity index is 2.06. The molecular formula is C22H17F2NO5. The maximum Gasteiger partial charge on any atom is 0.375 e. The zero-order valence-electron chi connectivity index (χ0n) is 16.0. The number of carbonyl (C=O) groups excluding carboxylic acids is 3. The topological polar surface area (TPSA) is 82.4 Å². The second kappa shape index (κ2) is 8.77. The van der Waals surface area contributed by atoms with Crippen LogP contribution in [0.1, 0.15) is 29.3 Å². The summed E-state index contributed by atoms with van der Waals surface area (Å²) in [7, 11) is 0. The molecule has 1 aromatic heterocycles. The number of fused-ring (bicyclic) bond motifs is 1. The molecule has 154 valence electrons. The minimum atomic E-state index is -1.16. The number of Topliss-reactive ketones (excluding diaryl/α,β-unsaturated/α-hetero) is 2. The molecule has 0 fully saturated rings. The predicted molar refractivity (Wildman–Crippen MR) is 104 cm³/mol. The fourth-order valence-electron chi connectivity index (χ4n) is 3.01. The maximum atomic E-state index is 13.8. The number of pyridine rings is 1. The van der Waals surface area contributed by atoms with Crippen LogP contribution in [0.2, 0.25) is 0 Å². The van der Waals surface area contributed by atoms with Gasteiger partial charge in [-0.2, -0.15) is 0 Å². The Kier molecular flexibility index (Phi) is 6.15. The highest BCUT2D eigenvalue weighted by Gasteiger charge is 2.23. The van der Waals surface area contributed by atoms with Crippen LogP contribution in [-0.4, -0.2) is 28.7 Å². The number of halogens is 2. The van der Waals surface area contributed by atoms with Crippen molar-refractivity contribution in [3.8, 4) is 0 Å². The minimum absolute atomic E-state index is 0.0293. The summed E-state index contributed by atoms with van der Waals surface area (Å²) in [6.07, 6.45) is 0.415. The van der Waals surface area contributed by atoms with Crippen LogP contribution in [0.25, 0.3) is 10.9 Å². The van der Waals surface area contributed by atoms with Crippen LogP contribution >= 0.6 is 0 Å². The molecule has 8 heteroatoms. The van der Waals surface area contributed by atoms with Crippen molar-refractivity contribution in [1.82, 2.24) is 4.57 Å². The quantitative estimate of drug-likeness (QED) is 0.257. The summed E-state index contributed by atoms with van der Waals surface area (Å²) in [4.78, 5) is 48.7. The molecule has 2 aromatic carbocycles. The third kappa shape index (κ3) is 4.48. The van der Waals surface area contributed by atoms with Gasteiger partial charge in [-0.15, -0.1) is 0 Å². The summed E-state index contributed by atoms with van der Waals surface area (Å²) in [6.45, 7) is 1.65. The van der Waals surface area contributed by atoms with Crippen LogP contribution in [0.15, 0.2) is 53.5 Å². The van der Waals surface area contributed by atoms with Gasteiger partial charge in [0, 0.05) is 18.1 Å². The summed E-state index contributed by atoms with van der Waals surface area (Å²) >= 11 is 0. The first kappa shape index (κ1) is 21.0. The number of nitrogens with zero attached hydrogens (tertiary/aromatic N) is 1. The molecule has 1 heterocycles. The van der Waals surface area contributed by atoms with E-state index in [4.69, 9.17) is 0 Å². The van der Waals surface area contributed by atoms with Crippen molar-refractivity contribution < 1.29 is 27.9 Å². The molecule has 0 radical (unpaired) electrons. The molecule has 0 saturated heterocycles. The van der Waals surface area contributed by atoms with E-state index in [1.54, 1.807) is 0 Å². The Morgan fingerprint density at radius 2 is 1.67 bits per heavy atom. The number of hydrogen-bond donors (Lipinski definition) is 0. The zero-order valence-corrected chi connectivity index (χ0v) is 16.0. The Morgan fingerprint density at radius 3 is 2.33 bits per heavy atom. The van der Waals surface area contributed by atoms with Gasteiger partial charge in [0.25, 0.3) is 0 Å². The van der Waals surface area contributed by atoms with Crippen molar-refractivity contribution >= 4 is 28.4 Å². The van der Waals surface area contributed by atoms with E-state index >= 15 is 0 Å². The number of rotatable bonds is 7. The smallest absolute Gasteiger partial charge is 0.375 e. The van der Waals surface area contributed by atoms with E-state index in [-0.39, 0.29) is 24.1 Å². The molecule has 0 saturated carbocycles. The third-order valence-corrected chi connectivity index (χ3v) is 4.43. The summed E-state index contributed by atoms with van der Waals surface area (Å²) in [5.41, 5.74) is -0.0694. The van der Waals surface area contributed by atoms with E-state index in [0.717, 1.165) is 6.07 Å². The fraction of sp³-hybridized carbons (Fsp3) is 0.182. The highest BCUT2D eigenvalue weighted by molar-refractivity contribution is 6.38. The second-order valence-electron chi connectivity index (χ2n) is 6.53. The largest absolute Gasteiger partial charge is 0.460 e. The lowest BCUT2D eigenvalue weighted by molar-refractivity contribution is -0.153. The second-order valence-corrected chi connectivity index (χ2v) is 6.53. The molecule has 0 atom stereocenters. The van der Waals surface area contributed by atoms with Gasteiger partial charge in [0.1, 0.15) is 11.6 Å². The van der Waals surface area contributed by atoms with Crippen LogP contribution in [0.3, 0.4) is 0 Å². The van der Waals surface area contributed by atoms with E-state index in [2.05, 4.69) is 4.74 Å². The highest BCUT2D eigenvalue weighted by atomic mass is 19.1. The van der Waals surface area contributed by atoms with Gasteiger partial charge in [-0.1, -0.05) is 12.1 Å². The SMILES string of the molecule is CCOC(=O)C(=O)CC(=O)c1cn(Cc2ccc(F)cc2)c2ccc(F)cc2c1=O. The first-order valence-corrected chi connectivity index (χ1v) is 9.10. The van der Waals surface area contributed by atoms with Crippen LogP contribution in [0.4, 0.5) is 8.78 Å². The molecular weight excluding hydrogens is 396 g/mol. The van der Waals surface area contributed by atoms with E-state index in [9.17, 15) is 28.0 Å². The molecule has 0 unspecified atom stereocenters. The van der Waals surface area contributed by atoms with Crippen molar-refractivity contribution in [1.29, 1.82) is 0 Å².